The van der Waals surface area contributed by atoms with Crippen molar-refractivity contribution in [3.05, 3.63) is 0 Å². The lowest BCUT2D eigenvalue weighted by atomic mass is 10.1. The number of carbonyl (C=O) groups is 1. The van der Waals surface area contributed by atoms with E-state index in [0.29, 0.717) is 6.42 Å². The van der Waals surface area contributed by atoms with Gasteiger partial charge in [-0.1, -0.05) is 0 Å². The van der Waals surface area contributed by atoms with Crippen LogP contribution in [0.4, 0.5) is 0 Å². The number of nitrogens with two attached hydrogens (primary N) is 1. The first kappa shape index (κ1) is 8.05. The second kappa shape index (κ2) is 3.05. The average Bonchev–Trinajstić information content (AvgIpc) is 2.78. The fraction of sp³-hybridized carbons (Fsp3) is 0.889. The Kier molecular flexibility index (Phi) is 2.05. The minimum atomic E-state index is -0.169. The number of nitrogens with zero attached hydrogens (tertiary/aromatic N) is 1. The third kappa shape index (κ3) is 1.61. The summed E-state index contributed by atoms with van der Waals surface area (Å²) in [5, 5.41) is 0. The molecule has 0 bridgehead atoms. The molecule has 0 spiro atoms. The summed E-state index contributed by atoms with van der Waals surface area (Å²) in [6.45, 7) is 2.06. The summed E-state index contributed by atoms with van der Waals surface area (Å²) in [7, 11) is 0. The van der Waals surface area contributed by atoms with Crippen LogP contribution in [-0.4, -0.2) is 29.9 Å². The third-order valence-electron chi connectivity index (χ3n) is 3.02. The lowest BCUT2D eigenvalue weighted by Gasteiger charge is -2.25. The number of carbonyl (C=O) groups excluding carboxylic acids is 1. The Morgan fingerprint density at radius 1 is 1.58 bits per heavy atom. The van der Waals surface area contributed by atoms with Gasteiger partial charge in [-0.15, -0.1) is 0 Å². The zero-order valence-corrected chi connectivity index (χ0v) is 7.33. The smallest absolute Gasteiger partial charge is 0.218 e. The van der Waals surface area contributed by atoms with E-state index in [0.717, 1.165) is 18.5 Å². The van der Waals surface area contributed by atoms with Crippen molar-refractivity contribution in [3.63, 3.8) is 0 Å². The summed E-state index contributed by atoms with van der Waals surface area (Å²) in [5.74, 6) is 0.782. The van der Waals surface area contributed by atoms with E-state index in [9.17, 15) is 4.79 Å². The van der Waals surface area contributed by atoms with Gasteiger partial charge in [-0.3, -0.25) is 9.69 Å². The Bertz CT molecular complexity index is 193. The maximum absolute atomic E-state index is 10.6. The monoisotopic (exact) mass is 168 g/mol. The van der Waals surface area contributed by atoms with Gasteiger partial charge in [-0.2, -0.15) is 0 Å². The first-order chi connectivity index (χ1) is 5.77. The lowest BCUT2D eigenvalue weighted by molar-refractivity contribution is -0.118. The number of fused-ring (bicyclic) bond motifs is 1. The highest BCUT2D eigenvalue weighted by atomic mass is 16.1. The van der Waals surface area contributed by atoms with Crippen molar-refractivity contribution in [3.8, 4) is 0 Å². The summed E-state index contributed by atoms with van der Waals surface area (Å²) in [5.41, 5.74) is 5.10. The number of primary amides is 1. The SMILES string of the molecule is NC(=O)CCN1CCC[C@@H]2C[C@@H]21. The fourth-order valence-corrected chi connectivity index (χ4v) is 2.24. The molecule has 3 nitrogen and oxygen atoms in total. The molecule has 2 fully saturated rings. The van der Waals surface area contributed by atoms with Gasteiger partial charge < -0.3 is 5.73 Å². The van der Waals surface area contributed by atoms with E-state index in [1.807, 2.05) is 0 Å². The molecule has 0 aromatic carbocycles. The molecule has 2 rings (SSSR count). The lowest BCUT2D eigenvalue weighted by Crippen LogP contribution is -2.34. The van der Waals surface area contributed by atoms with Crippen molar-refractivity contribution >= 4 is 5.91 Å². The predicted molar refractivity (Wildman–Crippen MR) is 46.5 cm³/mol. The van der Waals surface area contributed by atoms with Gasteiger partial charge in [0.05, 0.1) is 0 Å². The Morgan fingerprint density at radius 2 is 2.42 bits per heavy atom. The van der Waals surface area contributed by atoms with E-state index in [1.165, 1.54) is 25.8 Å². The van der Waals surface area contributed by atoms with Gasteiger partial charge in [-0.25, -0.2) is 0 Å². The van der Waals surface area contributed by atoms with Crippen molar-refractivity contribution in [2.24, 2.45) is 11.7 Å². The second-order valence-corrected chi connectivity index (χ2v) is 3.96. The first-order valence-corrected chi connectivity index (χ1v) is 4.80. The molecule has 2 N–H and O–H groups in total. The molecule has 1 aliphatic carbocycles. The van der Waals surface area contributed by atoms with Crippen LogP contribution >= 0.6 is 0 Å². The van der Waals surface area contributed by atoms with Crippen molar-refractivity contribution < 1.29 is 4.79 Å². The molecule has 1 saturated carbocycles. The van der Waals surface area contributed by atoms with Crippen molar-refractivity contribution in [1.29, 1.82) is 0 Å². The summed E-state index contributed by atoms with van der Waals surface area (Å²) >= 11 is 0. The normalized spacial score (nSPS) is 34.3. The molecule has 12 heavy (non-hydrogen) atoms. The number of rotatable bonds is 3. The molecule has 2 atom stereocenters. The van der Waals surface area contributed by atoms with Crippen LogP contribution in [0.3, 0.4) is 0 Å². The fourth-order valence-electron chi connectivity index (χ4n) is 2.24. The van der Waals surface area contributed by atoms with E-state index in [1.54, 1.807) is 0 Å². The zero-order valence-electron chi connectivity index (χ0n) is 7.33. The highest BCUT2D eigenvalue weighted by Crippen LogP contribution is 2.42. The Balaban J connectivity index is 1.76. The first-order valence-electron chi connectivity index (χ1n) is 4.80. The van der Waals surface area contributed by atoms with Crippen molar-refractivity contribution in [2.75, 3.05) is 13.1 Å². The maximum atomic E-state index is 10.6. The number of piperidine rings is 1. The number of likely N-dealkylation sites (tertiary alicyclic amines) is 1. The number of hydrogen-bond acceptors (Lipinski definition) is 2. The Labute approximate surface area is 72.9 Å². The topological polar surface area (TPSA) is 46.3 Å². The summed E-state index contributed by atoms with van der Waals surface area (Å²) in [4.78, 5) is 13.0. The summed E-state index contributed by atoms with van der Waals surface area (Å²) < 4.78 is 0. The second-order valence-electron chi connectivity index (χ2n) is 3.96. The van der Waals surface area contributed by atoms with Gasteiger partial charge >= 0.3 is 0 Å². The van der Waals surface area contributed by atoms with E-state index >= 15 is 0 Å². The molecule has 1 aliphatic heterocycles. The van der Waals surface area contributed by atoms with Gasteiger partial charge in [0.2, 0.25) is 5.91 Å². The van der Waals surface area contributed by atoms with Crippen LogP contribution < -0.4 is 5.73 Å². The van der Waals surface area contributed by atoms with Gasteiger partial charge in [0.1, 0.15) is 0 Å². The third-order valence-corrected chi connectivity index (χ3v) is 3.02. The Morgan fingerprint density at radius 3 is 3.17 bits per heavy atom. The average molecular weight is 168 g/mol. The highest BCUT2D eigenvalue weighted by Gasteiger charge is 2.43. The van der Waals surface area contributed by atoms with E-state index in [2.05, 4.69) is 4.90 Å². The molecular formula is C9H16N2O. The quantitative estimate of drug-likeness (QED) is 0.660. The van der Waals surface area contributed by atoms with Gasteiger partial charge in [0, 0.05) is 19.0 Å². The largest absolute Gasteiger partial charge is 0.370 e. The number of amides is 1. The molecule has 0 radical (unpaired) electrons. The van der Waals surface area contributed by atoms with Crippen LogP contribution in [0.15, 0.2) is 0 Å². The number of hydrogen-bond donors (Lipinski definition) is 1. The maximum Gasteiger partial charge on any atom is 0.218 e. The van der Waals surface area contributed by atoms with Crippen LogP contribution in [0.5, 0.6) is 0 Å². The van der Waals surface area contributed by atoms with Gasteiger partial charge in [0.25, 0.3) is 0 Å². The Hall–Kier alpha value is -0.570. The van der Waals surface area contributed by atoms with Crippen LogP contribution in [0.1, 0.15) is 25.7 Å². The molecule has 0 aromatic rings. The molecule has 1 heterocycles. The molecule has 2 aliphatic rings. The van der Waals surface area contributed by atoms with Crippen LogP contribution in [0.25, 0.3) is 0 Å². The minimum Gasteiger partial charge on any atom is -0.370 e. The van der Waals surface area contributed by atoms with Gasteiger partial charge in [0.15, 0.2) is 0 Å². The van der Waals surface area contributed by atoms with Crippen molar-refractivity contribution in [2.45, 2.75) is 31.7 Å². The minimum absolute atomic E-state index is 0.169. The summed E-state index contributed by atoms with van der Waals surface area (Å²) in [6.07, 6.45) is 4.60. The van der Waals surface area contributed by atoms with Crippen LogP contribution in [-0.2, 0) is 4.79 Å². The molecule has 0 aromatic heterocycles. The van der Waals surface area contributed by atoms with Crippen molar-refractivity contribution in [1.82, 2.24) is 4.90 Å². The summed E-state index contributed by atoms with van der Waals surface area (Å²) in [6, 6.07) is 0.804. The van der Waals surface area contributed by atoms with Crippen LogP contribution in [0, 0.1) is 5.92 Å². The van der Waals surface area contributed by atoms with E-state index in [4.69, 9.17) is 5.73 Å². The molecular weight excluding hydrogens is 152 g/mol. The standard InChI is InChI=1S/C9H16N2O/c10-9(12)3-5-11-4-1-2-7-6-8(7)11/h7-8H,1-6H2,(H2,10,12)/t7-,8+/m1/s1. The van der Waals surface area contributed by atoms with Gasteiger partial charge in [-0.05, 0) is 31.7 Å². The predicted octanol–water partition coefficient (Wildman–Crippen LogP) is 0.346. The molecule has 3 heteroatoms. The van der Waals surface area contributed by atoms with Crippen LogP contribution in [0.2, 0.25) is 0 Å². The molecule has 0 unspecified atom stereocenters. The zero-order chi connectivity index (χ0) is 8.55. The van der Waals surface area contributed by atoms with E-state index < -0.39 is 0 Å². The molecule has 1 saturated heterocycles. The molecule has 68 valence electrons. The molecule has 1 amide bonds. The highest BCUT2D eigenvalue weighted by molar-refractivity contribution is 5.73. The van der Waals surface area contributed by atoms with E-state index in [-0.39, 0.29) is 5.91 Å².